The second kappa shape index (κ2) is 5.76. The lowest BCUT2D eigenvalue weighted by Gasteiger charge is -2.03. The van der Waals surface area contributed by atoms with Gasteiger partial charge in [-0.3, -0.25) is 4.79 Å². The van der Waals surface area contributed by atoms with E-state index in [1.165, 1.54) is 10.9 Å². The summed E-state index contributed by atoms with van der Waals surface area (Å²) in [5, 5.41) is 0. The molecule has 2 rings (SSSR count). The van der Waals surface area contributed by atoms with Crippen molar-refractivity contribution in [2.75, 3.05) is 0 Å². The number of carbonyl (C=O) groups excluding carboxylic acids is 1. The predicted octanol–water partition coefficient (Wildman–Crippen LogP) is 4.64. The summed E-state index contributed by atoms with van der Waals surface area (Å²) < 4.78 is 14.1. The maximum absolute atomic E-state index is 13.6. The summed E-state index contributed by atoms with van der Waals surface area (Å²) in [6.45, 7) is 2.07. The molecule has 0 unspecified atom stereocenters. The fourth-order valence-electron chi connectivity index (χ4n) is 1.72. The Bertz CT molecular complexity index is 557. The van der Waals surface area contributed by atoms with E-state index >= 15 is 0 Å². The Kier molecular flexibility index (Phi) is 4.30. The molecule has 1 heterocycles. The summed E-state index contributed by atoms with van der Waals surface area (Å²) in [6.07, 6.45) is 1.21. The van der Waals surface area contributed by atoms with E-state index < -0.39 is 5.82 Å². The van der Waals surface area contributed by atoms with Crippen molar-refractivity contribution in [3.05, 3.63) is 55.9 Å². The van der Waals surface area contributed by atoms with E-state index in [2.05, 4.69) is 22.9 Å². The average Bonchev–Trinajstić information content (AvgIpc) is 2.76. The number of hydrogen-bond acceptors (Lipinski definition) is 2. The van der Waals surface area contributed by atoms with Crippen LogP contribution >= 0.6 is 27.3 Å². The van der Waals surface area contributed by atoms with Gasteiger partial charge in [0.05, 0.1) is 5.56 Å². The average molecular weight is 327 g/mol. The summed E-state index contributed by atoms with van der Waals surface area (Å²) in [5.41, 5.74) is 0.143. The molecule has 0 N–H and O–H groups in total. The second-order valence-corrected chi connectivity index (χ2v) is 6.03. The zero-order valence-corrected chi connectivity index (χ0v) is 12.3. The standard InChI is InChI=1S/C14H12BrFOS/c1-2-9-6-7-10(18-9)8-13(17)14-11(15)4-3-5-12(14)16/h3-7H,2,8H2,1H3. The second-order valence-electron chi connectivity index (χ2n) is 3.92. The maximum atomic E-state index is 13.6. The van der Waals surface area contributed by atoms with Crippen molar-refractivity contribution in [2.45, 2.75) is 19.8 Å². The molecule has 0 spiro atoms. The van der Waals surface area contributed by atoms with Gasteiger partial charge in [-0.1, -0.05) is 13.0 Å². The van der Waals surface area contributed by atoms with Crippen molar-refractivity contribution in [1.29, 1.82) is 0 Å². The molecule has 0 amide bonds. The number of aryl methyl sites for hydroxylation is 1. The molecule has 0 fully saturated rings. The molecule has 1 nitrogen and oxygen atoms in total. The molecule has 0 aliphatic heterocycles. The number of thiophene rings is 1. The first-order valence-corrected chi connectivity index (χ1v) is 7.27. The molecular weight excluding hydrogens is 315 g/mol. The van der Waals surface area contributed by atoms with Crippen LogP contribution in [0, 0.1) is 5.82 Å². The molecule has 0 atom stereocenters. The number of Topliss-reactive ketones (excluding diaryl/α,β-unsaturated/α-hetero) is 1. The minimum atomic E-state index is -0.471. The molecule has 1 aromatic carbocycles. The lowest BCUT2D eigenvalue weighted by atomic mass is 10.1. The molecule has 18 heavy (non-hydrogen) atoms. The van der Waals surface area contributed by atoms with Crippen molar-refractivity contribution < 1.29 is 9.18 Å². The number of benzene rings is 1. The quantitative estimate of drug-likeness (QED) is 0.748. The minimum absolute atomic E-state index is 0.143. The minimum Gasteiger partial charge on any atom is -0.294 e. The molecule has 0 radical (unpaired) electrons. The Morgan fingerprint density at radius 2 is 2.00 bits per heavy atom. The van der Waals surface area contributed by atoms with Crippen molar-refractivity contribution >= 4 is 33.0 Å². The first-order chi connectivity index (χ1) is 8.61. The van der Waals surface area contributed by atoms with Crippen LogP contribution in [0.5, 0.6) is 0 Å². The normalized spacial score (nSPS) is 10.6. The lowest BCUT2D eigenvalue weighted by molar-refractivity contribution is 0.0989. The zero-order valence-electron chi connectivity index (χ0n) is 9.87. The third kappa shape index (κ3) is 2.87. The number of carbonyl (C=O) groups is 1. The fraction of sp³-hybridized carbons (Fsp3) is 0.214. The summed E-state index contributed by atoms with van der Waals surface area (Å²) in [7, 11) is 0. The van der Waals surface area contributed by atoms with E-state index in [1.807, 2.05) is 12.1 Å². The van der Waals surface area contributed by atoms with Gasteiger partial charge in [-0.25, -0.2) is 4.39 Å². The number of halogens is 2. The van der Waals surface area contributed by atoms with Crippen LogP contribution in [-0.2, 0) is 12.8 Å². The number of ketones is 1. The van der Waals surface area contributed by atoms with Crippen LogP contribution in [0.15, 0.2) is 34.8 Å². The van der Waals surface area contributed by atoms with Gasteiger partial charge in [-0.15, -0.1) is 11.3 Å². The van der Waals surface area contributed by atoms with Gasteiger partial charge in [0.25, 0.3) is 0 Å². The first-order valence-electron chi connectivity index (χ1n) is 5.66. The molecule has 0 aliphatic rings. The molecule has 2 aromatic rings. The SMILES string of the molecule is CCc1ccc(CC(=O)c2c(F)cccc2Br)s1. The topological polar surface area (TPSA) is 17.1 Å². The van der Waals surface area contributed by atoms with Crippen LogP contribution in [0.25, 0.3) is 0 Å². The van der Waals surface area contributed by atoms with Crippen LogP contribution in [0.1, 0.15) is 27.0 Å². The van der Waals surface area contributed by atoms with E-state index in [0.717, 1.165) is 11.3 Å². The first kappa shape index (κ1) is 13.4. The number of rotatable bonds is 4. The fourth-order valence-corrected chi connectivity index (χ4v) is 3.24. The van der Waals surface area contributed by atoms with E-state index in [-0.39, 0.29) is 17.8 Å². The molecule has 0 aliphatic carbocycles. The highest BCUT2D eigenvalue weighted by Crippen LogP contribution is 2.24. The molecule has 1 aromatic heterocycles. The van der Waals surface area contributed by atoms with Crippen LogP contribution in [0.2, 0.25) is 0 Å². The van der Waals surface area contributed by atoms with E-state index in [0.29, 0.717) is 4.47 Å². The molecule has 0 saturated carbocycles. The largest absolute Gasteiger partial charge is 0.294 e. The van der Waals surface area contributed by atoms with Crippen LogP contribution in [0.3, 0.4) is 0 Å². The summed E-state index contributed by atoms with van der Waals surface area (Å²) >= 11 is 4.83. The Morgan fingerprint density at radius 3 is 2.61 bits per heavy atom. The molecule has 0 saturated heterocycles. The van der Waals surface area contributed by atoms with Gasteiger partial charge in [-0.05, 0) is 46.6 Å². The van der Waals surface area contributed by atoms with Gasteiger partial charge in [0, 0.05) is 20.6 Å². The Labute approximate surface area is 118 Å². The number of hydrogen-bond donors (Lipinski definition) is 0. The Hall–Kier alpha value is -1.000. The Balaban J connectivity index is 2.22. The van der Waals surface area contributed by atoms with E-state index in [1.54, 1.807) is 23.5 Å². The van der Waals surface area contributed by atoms with Gasteiger partial charge in [0.15, 0.2) is 5.78 Å². The van der Waals surface area contributed by atoms with Gasteiger partial charge in [0.1, 0.15) is 5.82 Å². The Morgan fingerprint density at radius 1 is 1.28 bits per heavy atom. The monoisotopic (exact) mass is 326 g/mol. The van der Waals surface area contributed by atoms with Gasteiger partial charge in [-0.2, -0.15) is 0 Å². The molecule has 94 valence electrons. The van der Waals surface area contributed by atoms with Crippen molar-refractivity contribution in [3.63, 3.8) is 0 Å². The molecule has 4 heteroatoms. The summed E-state index contributed by atoms with van der Waals surface area (Å²) in [6, 6.07) is 8.53. The van der Waals surface area contributed by atoms with E-state index in [9.17, 15) is 9.18 Å². The van der Waals surface area contributed by atoms with Crippen molar-refractivity contribution in [3.8, 4) is 0 Å². The maximum Gasteiger partial charge on any atom is 0.172 e. The van der Waals surface area contributed by atoms with Gasteiger partial charge in [0.2, 0.25) is 0 Å². The third-order valence-corrected chi connectivity index (χ3v) is 4.53. The summed E-state index contributed by atoms with van der Waals surface area (Å²) in [4.78, 5) is 14.3. The highest BCUT2D eigenvalue weighted by molar-refractivity contribution is 9.10. The highest BCUT2D eigenvalue weighted by Gasteiger charge is 2.16. The molecule has 0 bridgehead atoms. The smallest absolute Gasteiger partial charge is 0.172 e. The van der Waals surface area contributed by atoms with E-state index in [4.69, 9.17) is 0 Å². The van der Waals surface area contributed by atoms with Crippen molar-refractivity contribution in [2.24, 2.45) is 0 Å². The van der Waals surface area contributed by atoms with Crippen LogP contribution in [-0.4, -0.2) is 5.78 Å². The highest BCUT2D eigenvalue weighted by atomic mass is 79.9. The van der Waals surface area contributed by atoms with Crippen LogP contribution < -0.4 is 0 Å². The summed E-state index contributed by atoms with van der Waals surface area (Å²) in [5.74, 6) is -0.661. The van der Waals surface area contributed by atoms with Crippen LogP contribution in [0.4, 0.5) is 4.39 Å². The molecular formula is C14H12BrFOS. The van der Waals surface area contributed by atoms with Gasteiger partial charge < -0.3 is 0 Å². The third-order valence-electron chi connectivity index (χ3n) is 2.64. The zero-order chi connectivity index (χ0) is 13.1. The van der Waals surface area contributed by atoms with Gasteiger partial charge >= 0.3 is 0 Å². The van der Waals surface area contributed by atoms with Crippen molar-refractivity contribution in [1.82, 2.24) is 0 Å². The predicted molar refractivity (Wildman–Crippen MR) is 75.8 cm³/mol. The lowest BCUT2D eigenvalue weighted by Crippen LogP contribution is -2.06.